The largest absolute Gasteiger partial charge is 0.341 e. The minimum atomic E-state index is 0.0924. The van der Waals surface area contributed by atoms with Crippen molar-refractivity contribution >= 4 is 11.8 Å². The number of nitrogens with one attached hydrogen (secondary N) is 1. The molecule has 0 aliphatic carbocycles. The Bertz CT molecular complexity index is 680. The topological polar surface area (TPSA) is 83.4 Å². The standard InChI is InChI=1S/C19H30N6O2/c26-17-5-3-1-2-4-9-24(17)14-18(27)23-10-6-15(7-11-23)19-22-21-16-13-20-8-12-25(16)19/h15,20H,1-14H2. The third kappa shape index (κ3) is 4.15. The number of carbonyl (C=O) groups excluding carboxylic acids is 2. The normalized spacial score (nSPS) is 22.3. The van der Waals surface area contributed by atoms with E-state index in [4.69, 9.17) is 0 Å². The van der Waals surface area contributed by atoms with Gasteiger partial charge in [0, 0.05) is 45.1 Å². The van der Waals surface area contributed by atoms with Crippen LogP contribution in [0.4, 0.5) is 0 Å². The van der Waals surface area contributed by atoms with Gasteiger partial charge < -0.3 is 19.7 Å². The summed E-state index contributed by atoms with van der Waals surface area (Å²) in [5.74, 6) is 2.70. The third-order valence-corrected chi connectivity index (χ3v) is 6.11. The van der Waals surface area contributed by atoms with Crippen LogP contribution >= 0.6 is 0 Å². The first-order valence-electron chi connectivity index (χ1n) is 10.4. The average Bonchev–Trinajstić information content (AvgIpc) is 3.12. The molecule has 0 spiro atoms. The summed E-state index contributed by atoms with van der Waals surface area (Å²) < 4.78 is 2.25. The van der Waals surface area contributed by atoms with Gasteiger partial charge in [-0.05, 0) is 25.7 Å². The van der Waals surface area contributed by atoms with Gasteiger partial charge in [0.1, 0.15) is 11.6 Å². The molecule has 3 aliphatic rings. The van der Waals surface area contributed by atoms with Crippen LogP contribution in [0.15, 0.2) is 0 Å². The number of fused-ring (bicyclic) bond motifs is 1. The van der Waals surface area contributed by atoms with Gasteiger partial charge in [-0.2, -0.15) is 0 Å². The molecule has 2 saturated heterocycles. The summed E-state index contributed by atoms with van der Waals surface area (Å²) >= 11 is 0. The molecule has 0 saturated carbocycles. The Hall–Kier alpha value is -1.96. The second-order valence-corrected chi connectivity index (χ2v) is 7.94. The average molecular weight is 374 g/mol. The van der Waals surface area contributed by atoms with Crippen molar-refractivity contribution in [1.29, 1.82) is 0 Å². The SMILES string of the molecule is O=C(CN1CCCCCCC1=O)N1CCC(c2nnc3n2CCNC3)CC1. The van der Waals surface area contributed by atoms with E-state index in [0.717, 1.165) is 89.4 Å². The van der Waals surface area contributed by atoms with Gasteiger partial charge in [0.2, 0.25) is 11.8 Å². The Morgan fingerprint density at radius 1 is 1.04 bits per heavy atom. The monoisotopic (exact) mass is 374 g/mol. The molecule has 4 rings (SSSR count). The number of aromatic nitrogens is 3. The summed E-state index contributed by atoms with van der Waals surface area (Å²) in [7, 11) is 0. The van der Waals surface area contributed by atoms with Gasteiger partial charge in [-0.3, -0.25) is 9.59 Å². The maximum atomic E-state index is 12.7. The van der Waals surface area contributed by atoms with Gasteiger partial charge in [0.05, 0.1) is 13.1 Å². The number of hydrogen-bond acceptors (Lipinski definition) is 5. The molecule has 3 aliphatic heterocycles. The molecule has 0 atom stereocenters. The molecular formula is C19H30N6O2. The molecule has 8 heteroatoms. The van der Waals surface area contributed by atoms with E-state index in [1.54, 1.807) is 4.90 Å². The number of rotatable bonds is 3. The molecule has 1 aromatic heterocycles. The fourth-order valence-corrected chi connectivity index (χ4v) is 4.45. The predicted molar refractivity (Wildman–Crippen MR) is 99.9 cm³/mol. The molecule has 0 radical (unpaired) electrons. The quantitative estimate of drug-likeness (QED) is 0.849. The van der Waals surface area contributed by atoms with E-state index < -0.39 is 0 Å². The summed E-state index contributed by atoms with van der Waals surface area (Å²) in [6, 6.07) is 0. The van der Waals surface area contributed by atoms with Crippen LogP contribution in [-0.4, -0.2) is 69.1 Å². The minimum Gasteiger partial charge on any atom is -0.341 e. The molecule has 0 aromatic carbocycles. The van der Waals surface area contributed by atoms with Gasteiger partial charge >= 0.3 is 0 Å². The van der Waals surface area contributed by atoms with Crippen LogP contribution in [0.1, 0.15) is 62.5 Å². The zero-order valence-electron chi connectivity index (χ0n) is 16.0. The molecule has 1 N–H and O–H groups in total. The van der Waals surface area contributed by atoms with Crippen molar-refractivity contribution in [2.24, 2.45) is 0 Å². The van der Waals surface area contributed by atoms with Crippen LogP contribution < -0.4 is 5.32 Å². The minimum absolute atomic E-state index is 0.0924. The number of amides is 2. The van der Waals surface area contributed by atoms with Crippen molar-refractivity contribution < 1.29 is 9.59 Å². The van der Waals surface area contributed by atoms with E-state index in [-0.39, 0.29) is 18.4 Å². The molecule has 2 fully saturated rings. The lowest BCUT2D eigenvalue weighted by Crippen LogP contribution is -2.46. The number of likely N-dealkylation sites (tertiary alicyclic amines) is 2. The van der Waals surface area contributed by atoms with Crippen molar-refractivity contribution in [2.75, 3.05) is 32.7 Å². The Morgan fingerprint density at radius 2 is 1.85 bits per heavy atom. The van der Waals surface area contributed by atoms with Gasteiger partial charge in [0.15, 0.2) is 0 Å². The van der Waals surface area contributed by atoms with E-state index >= 15 is 0 Å². The predicted octanol–water partition coefficient (Wildman–Crippen LogP) is 0.880. The summed E-state index contributed by atoms with van der Waals surface area (Å²) in [6.07, 6.45) is 6.67. The highest BCUT2D eigenvalue weighted by Crippen LogP contribution is 2.28. The number of hydrogen-bond donors (Lipinski definition) is 1. The van der Waals surface area contributed by atoms with E-state index in [1.807, 2.05) is 4.90 Å². The highest BCUT2D eigenvalue weighted by Gasteiger charge is 2.30. The molecule has 0 unspecified atom stereocenters. The third-order valence-electron chi connectivity index (χ3n) is 6.11. The summed E-state index contributed by atoms with van der Waals surface area (Å²) in [6.45, 7) is 5.12. The van der Waals surface area contributed by atoms with Crippen LogP contribution in [0, 0.1) is 0 Å². The number of carbonyl (C=O) groups is 2. The van der Waals surface area contributed by atoms with E-state index in [1.165, 1.54) is 0 Å². The molecular weight excluding hydrogens is 344 g/mol. The van der Waals surface area contributed by atoms with Crippen molar-refractivity contribution in [2.45, 2.75) is 64.0 Å². The fraction of sp³-hybridized carbons (Fsp3) is 0.789. The summed E-state index contributed by atoms with van der Waals surface area (Å²) in [5, 5.41) is 12.1. The zero-order chi connectivity index (χ0) is 18.6. The maximum absolute atomic E-state index is 12.7. The molecule has 4 heterocycles. The lowest BCUT2D eigenvalue weighted by atomic mass is 9.95. The Balaban J connectivity index is 1.31. The second-order valence-electron chi connectivity index (χ2n) is 7.94. The summed E-state index contributed by atoms with van der Waals surface area (Å²) in [4.78, 5) is 28.7. The molecule has 148 valence electrons. The zero-order valence-corrected chi connectivity index (χ0v) is 16.0. The van der Waals surface area contributed by atoms with Crippen LogP contribution in [0.3, 0.4) is 0 Å². The van der Waals surface area contributed by atoms with Gasteiger partial charge in [0.25, 0.3) is 0 Å². The first kappa shape index (κ1) is 18.4. The van der Waals surface area contributed by atoms with Crippen molar-refractivity contribution in [3.63, 3.8) is 0 Å². The first-order chi connectivity index (χ1) is 13.2. The van der Waals surface area contributed by atoms with Crippen LogP contribution in [-0.2, 0) is 22.7 Å². The van der Waals surface area contributed by atoms with Crippen LogP contribution in [0.25, 0.3) is 0 Å². The molecule has 8 nitrogen and oxygen atoms in total. The van der Waals surface area contributed by atoms with Crippen molar-refractivity contribution in [1.82, 2.24) is 29.9 Å². The Labute approximate surface area is 160 Å². The van der Waals surface area contributed by atoms with E-state index in [2.05, 4.69) is 20.1 Å². The van der Waals surface area contributed by atoms with Crippen molar-refractivity contribution in [3.8, 4) is 0 Å². The number of nitrogens with zero attached hydrogens (tertiary/aromatic N) is 5. The molecule has 0 bridgehead atoms. The smallest absolute Gasteiger partial charge is 0.242 e. The van der Waals surface area contributed by atoms with E-state index in [0.29, 0.717) is 12.3 Å². The Kier molecular flexibility index (Phi) is 5.71. The van der Waals surface area contributed by atoms with Gasteiger partial charge in [-0.25, -0.2) is 0 Å². The van der Waals surface area contributed by atoms with E-state index in [9.17, 15) is 9.59 Å². The highest BCUT2D eigenvalue weighted by atomic mass is 16.2. The molecule has 27 heavy (non-hydrogen) atoms. The number of piperidine rings is 1. The van der Waals surface area contributed by atoms with Crippen LogP contribution in [0.2, 0.25) is 0 Å². The Morgan fingerprint density at radius 3 is 2.70 bits per heavy atom. The highest BCUT2D eigenvalue weighted by molar-refractivity contribution is 5.85. The van der Waals surface area contributed by atoms with Gasteiger partial charge in [-0.15, -0.1) is 10.2 Å². The lowest BCUT2D eigenvalue weighted by molar-refractivity contribution is -0.141. The summed E-state index contributed by atoms with van der Waals surface area (Å²) in [5.41, 5.74) is 0. The van der Waals surface area contributed by atoms with Crippen LogP contribution in [0.5, 0.6) is 0 Å². The van der Waals surface area contributed by atoms with Gasteiger partial charge in [-0.1, -0.05) is 12.8 Å². The molecule has 2 amide bonds. The second kappa shape index (κ2) is 8.37. The fourth-order valence-electron chi connectivity index (χ4n) is 4.45. The van der Waals surface area contributed by atoms with Crippen molar-refractivity contribution in [3.05, 3.63) is 11.6 Å². The molecule has 1 aromatic rings. The lowest BCUT2D eigenvalue weighted by Gasteiger charge is -2.34. The first-order valence-corrected chi connectivity index (χ1v) is 10.4. The maximum Gasteiger partial charge on any atom is 0.242 e.